The van der Waals surface area contributed by atoms with Crippen LogP contribution < -0.4 is 0 Å². The fourth-order valence-corrected chi connectivity index (χ4v) is 0.606. The zero-order chi connectivity index (χ0) is 10.3. The van der Waals surface area contributed by atoms with Crippen molar-refractivity contribution in [3.63, 3.8) is 0 Å². The van der Waals surface area contributed by atoms with Crippen LogP contribution in [0.25, 0.3) is 0 Å². The third kappa shape index (κ3) is 5.76. The number of aliphatic hydroxyl groups is 1. The second kappa shape index (κ2) is 9.66. The van der Waals surface area contributed by atoms with Gasteiger partial charge in [0.05, 0.1) is 13.2 Å². The molecule has 0 spiro atoms. The van der Waals surface area contributed by atoms with Gasteiger partial charge in [-0.2, -0.15) is 0 Å². The van der Waals surface area contributed by atoms with E-state index in [1.165, 1.54) is 0 Å². The SMILES string of the molecule is CCOC(=O)C(=CO)C(=O)OCC.[KH]. The van der Waals surface area contributed by atoms with Crippen LogP contribution in [0.3, 0.4) is 0 Å². The second-order valence-corrected chi connectivity index (χ2v) is 1.98. The zero-order valence-electron chi connectivity index (χ0n) is 7.57. The molecule has 0 amide bonds. The summed E-state index contributed by atoms with van der Waals surface area (Å²) in [6.07, 6.45) is 0.385. The Morgan fingerprint density at radius 1 is 1.14 bits per heavy atom. The topological polar surface area (TPSA) is 72.8 Å². The van der Waals surface area contributed by atoms with Crippen LogP contribution in [-0.2, 0) is 19.1 Å². The summed E-state index contributed by atoms with van der Waals surface area (Å²) in [5.41, 5.74) is -0.497. The molecule has 5 nitrogen and oxygen atoms in total. The number of hydrogen-bond acceptors (Lipinski definition) is 5. The summed E-state index contributed by atoms with van der Waals surface area (Å²) in [5, 5.41) is 8.56. The van der Waals surface area contributed by atoms with E-state index in [1.54, 1.807) is 13.8 Å². The number of rotatable bonds is 4. The van der Waals surface area contributed by atoms with Gasteiger partial charge in [0, 0.05) is 0 Å². The molecule has 0 bridgehead atoms. The Balaban J connectivity index is 0. The summed E-state index contributed by atoms with van der Waals surface area (Å²) in [6, 6.07) is 0. The summed E-state index contributed by atoms with van der Waals surface area (Å²) in [7, 11) is 0. The van der Waals surface area contributed by atoms with Crippen LogP contribution in [0.1, 0.15) is 13.8 Å². The molecule has 0 aliphatic carbocycles. The van der Waals surface area contributed by atoms with Crippen molar-refractivity contribution in [2.45, 2.75) is 13.8 Å². The van der Waals surface area contributed by atoms with Crippen LogP contribution in [-0.4, -0.2) is 81.6 Å². The molecular weight excluding hydrogens is 215 g/mol. The summed E-state index contributed by atoms with van der Waals surface area (Å²) in [4.78, 5) is 21.9. The van der Waals surface area contributed by atoms with Crippen molar-refractivity contribution in [2.75, 3.05) is 13.2 Å². The molecule has 0 aromatic heterocycles. The molecular formula is C8H13KO5. The predicted octanol–water partition coefficient (Wildman–Crippen LogP) is -0.0940. The van der Waals surface area contributed by atoms with Gasteiger partial charge >= 0.3 is 63.3 Å². The van der Waals surface area contributed by atoms with Gasteiger partial charge in [0.2, 0.25) is 0 Å². The van der Waals surface area contributed by atoms with Crippen molar-refractivity contribution in [2.24, 2.45) is 0 Å². The summed E-state index contributed by atoms with van der Waals surface area (Å²) in [6.45, 7) is 3.46. The molecule has 0 aromatic rings. The van der Waals surface area contributed by atoms with E-state index in [4.69, 9.17) is 5.11 Å². The zero-order valence-corrected chi connectivity index (χ0v) is 7.57. The molecule has 1 N–H and O–H groups in total. The van der Waals surface area contributed by atoms with Crippen molar-refractivity contribution >= 4 is 63.3 Å². The van der Waals surface area contributed by atoms with E-state index < -0.39 is 17.5 Å². The molecule has 0 aliphatic rings. The molecule has 0 rings (SSSR count). The number of carbonyl (C=O) groups excluding carboxylic acids is 2. The van der Waals surface area contributed by atoms with Crippen LogP contribution in [0.15, 0.2) is 11.8 Å². The minimum absolute atomic E-state index is 0. The van der Waals surface area contributed by atoms with E-state index >= 15 is 0 Å². The molecule has 6 heteroatoms. The van der Waals surface area contributed by atoms with E-state index in [2.05, 4.69) is 9.47 Å². The molecule has 0 unspecified atom stereocenters. The first-order valence-corrected chi connectivity index (χ1v) is 3.85. The summed E-state index contributed by atoms with van der Waals surface area (Å²) < 4.78 is 8.99. The minimum atomic E-state index is -0.886. The molecule has 76 valence electrons. The van der Waals surface area contributed by atoms with E-state index in [1.807, 2.05) is 0 Å². The number of esters is 2. The Morgan fingerprint density at radius 3 is 1.71 bits per heavy atom. The number of hydrogen-bond donors (Lipinski definition) is 1. The normalized spacial score (nSPS) is 8.14. The van der Waals surface area contributed by atoms with Crippen LogP contribution in [0.5, 0.6) is 0 Å². The molecule has 14 heavy (non-hydrogen) atoms. The second-order valence-electron chi connectivity index (χ2n) is 1.98. The Hall–Kier alpha value is 0.116. The third-order valence-corrected chi connectivity index (χ3v) is 1.12. The van der Waals surface area contributed by atoms with Crippen LogP contribution >= 0.6 is 0 Å². The number of carbonyl (C=O) groups is 2. The van der Waals surface area contributed by atoms with Crippen LogP contribution in [0, 0.1) is 0 Å². The summed E-state index contributed by atoms with van der Waals surface area (Å²) in [5.74, 6) is -1.77. The van der Waals surface area contributed by atoms with Crippen LogP contribution in [0.4, 0.5) is 0 Å². The van der Waals surface area contributed by atoms with Crippen molar-refractivity contribution in [1.82, 2.24) is 0 Å². The quantitative estimate of drug-likeness (QED) is 0.182. The third-order valence-electron chi connectivity index (χ3n) is 1.12. The van der Waals surface area contributed by atoms with E-state index in [9.17, 15) is 9.59 Å². The monoisotopic (exact) mass is 228 g/mol. The number of aliphatic hydroxyl groups excluding tert-OH is 1. The van der Waals surface area contributed by atoms with Crippen LogP contribution in [0.2, 0.25) is 0 Å². The van der Waals surface area contributed by atoms with Gasteiger partial charge in [-0.3, -0.25) is 0 Å². The maximum absolute atomic E-state index is 10.9. The van der Waals surface area contributed by atoms with Crippen molar-refractivity contribution < 1.29 is 24.2 Å². The average molecular weight is 228 g/mol. The van der Waals surface area contributed by atoms with Gasteiger partial charge in [-0.15, -0.1) is 0 Å². The van der Waals surface area contributed by atoms with E-state index in [0.717, 1.165) is 0 Å². The molecule has 0 fully saturated rings. The first-order valence-electron chi connectivity index (χ1n) is 3.85. The van der Waals surface area contributed by atoms with Gasteiger partial charge in [0.25, 0.3) is 0 Å². The molecule has 0 saturated heterocycles. The Morgan fingerprint density at radius 2 is 1.50 bits per heavy atom. The maximum atomic E-state index is 10.9. The summed E-state index contributed by atoms with van der Waals surface area (Å²) >= 11 is 0. The predicted molar refractivity (Wildman–Crippen MR) is 51.1 cm³/mol. The number of ether oxygens (including phenoxy) is 2. The van der Waals surface area contributed by atoms with Crippen molar-refractivity contribution in [1.29, 1.82) is 0 Å². The van der Waals surface area contributed by atoms with E-state index in [-0.39, 0.29) is 64.6 Å². The molecule has 0 aliphatic heterocycles. The fraction of sp³-hybridized carbons (Fsp3) is 0.500. The first kappa shape index (κ1) is 16.5. The average Bonchev–Trinajstić information content (AvgIpc) is 2.06. The van der Waals surface area contributed by atoms with Gasteiger partial charge in [0.15, 0.2) is 5.57 Å². The van der Waals surface area contributed by atoms with Gasteiger partial charge < -0.3 is 14.6 Å². The molecule has 0 radical (unpaired) electrons. The fourth-order valence-electron chi connectivity index (χ4n) is 0.606. The van der Waals surface area contributed by atoms with Crippen molar-refractivity contribution in [3.05, 3.63) is 11.8 Å². The molecule has 0 aromatic carbocycles. The van der Waals surface area contributed by atoms with Crippen molar-refractivity contribution in [3.8, 4) is 0 Å². The van der Waals surface area contributed by atoms with Gasteiger partial charge in [-0.1, -0.05) is 0 Å². The van der Waals surface area contributed by atoms with Gasteiger partial charge in [-0.05, 0) is 13.8 Å². The standard InChI is InChI=1S/C8H12O5.K.H/c1-3-12-7(10)6(5-9)8(11)13-4-2;;/h5,9H,3-4H2,1-2H3;;. The first-order chi connectivity index (χ1) is 6.17. The Labute approximate surface area is 125 Å². The Kier molecular flexibility index (Phi) is 11.4. The molecule has 0 atom stereocenters. The van der Waals surface area contributed by atoms with Gasteiger partial charge in [-0.25, -0.2) is 9.59 Å². The van der Waals surface area contributed by atoms with Gasteiger partial charge in [0.1, 0.15) is 6.26 Å². The van der Waals surface area contributed by atoms with E-state index in [0.29, 0.717) is 6.26 Å². The molecule has 0 heterocycles. The molecule has 0 saturated carbocycles. The Bertz CT molecular complexity index is 204.